The number of thiazole rings is 1. The van der Waals surface area contributed by atoms with Crippen LogP contribution in [0.3, 0.4) is 0 Å². The van der Waals surface area contributed by atoms with Crippen molar-refractivity contribution in [1.82, 2.24) is 4.98 Å². The lowest BCUT2D eigenvalue weighted by atomic mass is 10.2. The van der Waals surface area contributed by atoms with Crippen LogP contribution in [0.2, 0.25) is 5.02 Å². The molecule has 1 heterocycles. The number of nitrogens with zero attached hydrogens (tertiary/aromatic N) is 1. The van der Waals surface area contributed by atoms with Crippen molar-refractivity contribution >= 4 is 46.6 Å². The molecular weight excluding hydrogens is 312 g/mol. The highest BCUT2D eigenvalue weighted by Gasteiger charge is 2.08. The van der Waals surface area contributed by atoms with Crippen molar-refractivity contribution in [2.75, 3.05) is 5.32 Å². The van der Waals surface area contributed by atoms with Crippen molar-refractivity contribution in [3.8, 4) is 0 Å². The number of carboxylic acids is 1. The van der Waals surface area contributed by atoms with Gasteiger partial charge in [-0.05, 0) is 31.2 Å². The Bertz CT molecular complexity index is 725. The molecule has 2 rings (SSSR count). The van der Waals surface area contributed by atoms with Crippen molar-refractivity contribution in [3.63, 3.8) is 0 Å². The summed E-state index contributed by atoms with van der Waals surface area (Å²) in [6.45, 7) is 1.88. The summed E-state index contributed by atoms with van der Waals surface area (Å²) in [4.78, 5) is 26.7. The standard InChI is InChI=1S/C14H11ClN2O3S/c1-8-16-10(7-21-8)3-5-13(18)17-12-4-2-9(14(19)20)6-11(12)15/h2-7H,1H3,(H,17,18)(H,19,20). The van der Waals surface area contributed by atoms with Crippen LogP contribution in [0, 0.1) is 6.92 Å². The summed E-state index contributed by atoms with van der Waals surface area (Å²) in [7, 11) is 0. The van der Waals surface area contributed by atoms with Crippen LogP contribution in [0.25, 0.3) is 6.08 Å². The number of aromatic nitrogens is 1. The van der Waals surface area contributed by atoms with Crippen molar-refractivity contribution in [3.05, 3.63) is 50.9 Å². The van der Waals surface area contributed by atoms with Gasteiger partial charge in [-0.2, -0.15) is 0 Å². The lowest BCUT2D eigenvalue weighted by molar-refractivity contribution is -0.111. The number of halogens is 1. The summed E-state index contributed by atoms with van der Waals surface area (Å²) in [5.74, 6) is -1.45. The zero-order valence-corrected chi connectivity index (χ0v) is 12.5. The molecular formula is C14H11ClN2O3S. The van der Waals surface area contributed by atoms with Gasteiger partial charge >= 0.3 is 5.97 Å². The zero-order chi connectivity index (χ0) is 15.4. The average Bonchev–Trinajstić information content (AvgIpc) is 2.84. The molecule has 0 bridgehead atoms. The Morgan fingerprint density at radius 1 is 1.43 bits per heavy atom. The minimum Gasteiger partial charge on any atom is -0.478 e. The summed E-state index contributed by atoms with van der Waals surface area (Å²) in [5, 5.41) is 14.3. The van der Waals surface area contributed by atoms with Crippen LogP contribution in [-0.2, 0) is 4.79 Å². The second-order valence-corrected chi connectivity index (χ2v) is 5.58. The summed E-state index contributed by atoms with van der Waals surface area (Å²) < 4.78 is 0. The largest absolute Gasteiger partial charge is 0.478 e. The maximum absolute atomic E-state index is 11.8. The highest BCUT2D eigenvalue weighted by Crippen LogP contribution is 2.23. The number of hydrogen-bond acceptors (Lipinski definition) is 4. The summed E-state index contributed by atoms with van der Waals surface area (Å²) >= 11 is 7.42. The minimum atomic E-state index is -1.08. The summed E-state index contributed by atoms with van der Waals surface area (Å²) in [6, 6.07) is 4.11. The van der Waals surface area contributed by atoms with Gasteiger partial charge in [0, 0.05) is 11.5 Å². The molecule has 0 fully saturated rings. The van der Waals surface area contributed by atoms with E-state index >= 15 is 0 Å². The Balaban J connectivity index is 2.06. The molecule has 1 aromatic heterocycles. The zero-order valence-electron chi connectivity index (χ0n) is 11.0. The molecule has 1 aromatic carbocycles. The topological polar surface area (TPSA) is 79.3 Å². The molecule has 0 radical (unpaired) electrons. The Hall–Kier alpha value is -2.18. The lowest BCUT2D eigenvalue weighted by Gasteiger charge is -2.05. The monoisotopic (exact) mass is 322 g/mol. The van der Waals surface area contributed by atoms with Gasteiger partial charge in [-0.15, -0.1) is 11.3 Å². The molecule has 2 aromatic rings. The third-order valence-electron chi connectivity index (χ3n) is 2.52. The van der Waals surface area contributed by atoms with Crippen LogP contribution in [0.4, 0.5) is 5.69 Å². The SMILES string of the molecule is Cc1nc(C=CC(=O)Nc2ccc(C(=O)O)cc2Cl)cs1. The molecule has 21 heavy (non-hydrogen) atoms. The number of carboxylic acid groups (broad SMARTS) is 1. The molecule has 0 saturated heterocycles. The molecule has 0 aliphatic carbocycles. The van der Waals surface area contributed by atoms with Gasteiger partial charge < -0.3 is 10.4 Å². The van der Waals surface area contributed by atoms with E-state index in [9.17, 15) is 9.59 Å². The van der Waals surface area contributed by atoms with Gasteiger partial charge in [0.15, 0.2) is 0 Å². The van der Waals surface area contributed by atoms with Crippen molar-refractivity contribution < 1.29 is 14.7 Å². The molecule has 108 valence electrons. The smallest absolute Gasteiger partial charge is 0.335 e. The lowest BCUT2D eigenvalue weighted by Crippen LogP contribution is -2.08. The van der Waals surface area contributed by atoms with Crippen molar-refractivity contribution in [2.45, 2.75) is 6.92 Å². The van der Waals surface area contributed by atoms with E-state index in [0.29, 0.717) is 11.4 Å². The second kappa shape index (κ2) is 6.51. The van der Waals surface area contributed by atoms with Crippen LogP contribution in [0.5, 0.6) is 0 Å². The molecule has 0 spiro atoms. The normalized spacial score (nSPS) is 10.8. The maximum Gasteiger partial charge on any atom is 0.335 e. The van der Waals surface area contributed by atoms with Crippen LogP contribution < -0.4 is 5.32 Å². The predicted molar refractivity (Wildman–Crippen MR) is 82.9 cm³/mol. The van der Waals surface area contributed by atoms with Crippen LogP contribution in [0.1, 0.15) is 21.1 Å². The highest BCUT2D eigenvalue weighted by molar-refractivity contribution is 7.09. The molecule has 0 unspecified atom stereocenters. The number of nitrogens with one attached hydrogen (secondary N) is 1. The molecule has 1 amide bonds. The quantitative estimate of drug-likeness (QED) is 0.845. The van der Waals surface area contributed by atoms with Crippen LogP contribution >= 0.6 is 22.9 Å². The van der Waals surface area contributed by atoms with Gasteiger partial charge in [0.1, 0.15) is 0 Å². The van der Waals surface area contributed by atoms with E-state index in [2.05, 4.69) is 10.3 Å². The first-order valence-electron chi connectivity index (χ1n) is 5.90. The molecule has 0 atom stereocenters. The van der Waals surface area contributed by atoms with Gasteiger partial charge in [-0.3, -0.25) is 4.79 Å². The van der Waals surface area contributed by atoms with Gasteiger partial charge in [0.25, 0.3) is 0 Å². The number of amides is 1. The fraction of sp³-hybridized carbons (Fsp3) is 0.0714. The van der Waals surface area contributed by atoms with Gasteiger partial charge in [-0.1, -0.05) is 11.6 Å². The third-order valence-corrected chi connectivity index (χ3v) is 3.62. The first-order chi connectivity index (χ1) is 9.95. The number of hydrogen-bond donors (Lipinski definition) is 2. The Kier molecular flexibility index (Phi) is 4.72. The number of carbonyl (C=O) groups is 2. The first-order valence-corrected chi connectivity index (χ1v) is 7.15. The number of aryl methyl sites for hydroxylation is 1. The molecule has 0 aliphatic heterocycles. The second-order valence-electron chi connectivity index (χ2n) is 4.11. The number of anilines is 1. The fourth-order valence-corrected chi connectivity index (χ4v) is 2.35. The van der Waals surface area contributed by atoms with E-state index in [1.54, 1.807) is 6.08 Å². The van der Waals surface area contributed by atoms with E-state index in [4.69, 9.17) is 16.7 Å². The molecule has 0 aliphatic rings. The van der Waals surface area contributed by atoms with E-state index in [0.717, 1.165) is 5.01 Å². The molecule has 7 heteroatoms. The number of benzene rings is 1. The van der Waals surface area contributed by atoms with E-state index in [1.165, 1.54) is 35.6 Å². The highest BCUT2D eigenvalue weighted by atomic mass is 35.5. The molecule has 2 N–H and O–H groups in total. The van der Waals surface area contributed by atoms with Gasteiger partial charge in [0.2, 0.25) is 5.91 Å². The summed E-state index contributed by atoms with van der Waals surface area (Å²) in [6.07, 6.45) is 2.94. The van der Waals surface area contributed by atoms with Gasteiger partial charge in [-0.25, -0.2) is 9.78 Å². The number of carbonyl (C=O) groups excluding carboxylic acids is 1. The van der Waals surface area contributed by atoms with Crippen LogP contribution in [-0.4, -0.2) is 22.0 Å². The molecule has 5 nitrogen and oxygen atoms in total. The molecule has 0 saturated carbocycles. The van der Waals surface area contributed by atoms with Crippen molar-refractivity contribution in [2.24, 2.45) is 0 Å². The number of rotatable bonds is 4. The van der Waals surface area contributed by atoms with E-state index in [-0.39, 0.29) is 16.5 Å². The first kappa shape index (κ1) is 15.2. The Morgan fingerprint density at radius 3 is 2.76 bits per heavy atom. The van der Waals surface area contributed by atoms with Crippen molar-refractivity contribution in [1.29, 1.82) is 0 Å². The van der Waals surface area contributed by atoms with Gasteiger partial charge in [0.05, 0.1) is 27.0 Å². The van der Waals surface area contributed by atoms with E-state index < -0.39 is 5.97 Å². The maximum atomic E-state index is 11.8. The average molecular weight is 323 g/mol. The third kappa shape index (κ3) is 4.14. The summed E-state index contributed by atoms with van der Waals surface area (Å²) in [5.41, 5.74) is 1.12. The minimum absolute atomic E-state index is 0.0616. The predicted octanol–water partition coefficient (Wildman–Crippen LogP) is 3.46. The van der Waals surface area contributed by atoms with E-state index in [1.807, 2.05) is 12.3 Å². The van der Waals surface area contributed by atoms with Crippen LogP contribution in [0.15, 0.2) is 29.7 Å². The number of aromatic carboxylic acids is 1. The Labute approximate surface area is 129 Å². The Morgan fingerprint density at radius 2 is 2.19 bits per heavy atom. The fourth-order valence-electron chi connectivity index (χ4n) is 1.54.